The molecule has 1 saturated carbocycles. The van der Waals surface area contributed by atoms with Gasteiger partial charge in [-0.1, -0.05) is 13.0 Å². The molecular weight excluding hydrogens is 360 g/mol. The fourth-order valence-corrected chi connectivity index (χ4v) is 4.81. The normalized spacial score (nSPS) is 19.4. The Hall–Kier alpha value is -2.09. The van der Waals surface area contributed by atoms with Crippen LogP contribution in [0.3, 0.4) is 0 Å². The van der Waals surface area contributed by atoms with Gasteiger partial charge in [-0.15, -0.1) is 11.3 Å². The molecule has 0 radical (unpaired) electrons. The molecule has 3 aromatic rings. The van der Waals surface area contributed by atoms with Crippen LogP contribution in [-0.2, 0) is 0 Å². The van der Waals surface area contributed by atoms with E-state index in [0.717, 1.165) is 42.6 Å². The number of hydrogen-bond donors (Lipinski definition) is 1. The monoisotopic (exact) mass is 384 g/mol. The van der Waals surface area contributed by atoms with Gasteiger partial charge >= 0.3 is 6.01 Å². The lowest BCUT2D eigenvalue weighted by Gasteiger charge is -2.41. The lowest BCUT2D eigenvalue weighted by molar-refractivity contribution is 0.0923. The van der Waals surface area contributed by atoms with Crippen LogP contribution in [0.4, 0.5) is 0 Å². The summed E-state index contributed by atoms with van der Waals surface area (Å²) in [7, 11) is 1.56. The number of benzene rings is 1. The third-order valence-corrected chi connectivity index (χ3v) is 6.50. The molecule has 2 aromatic heterocycles. The third kappa shape index (κ3) is 3.67. The van der Waals surface area contributed by atoms with Crippen LogP contribution in [0.25, 0.3) is 21.3 Å². The molecule has 0 atom stereocenters. The second kappa shape index (κ2) is 7.88. The zero-order valence-electron chi connectivity index (χ0n) is 15.6. The molecule has 0 amide bonds. The van der Waals surface area contributed by atoms with Crippen molar-refractivity contribution in [2.24, 2.45) is 0 Å². The van der Waals surface area contributed by atoms with Crippen molar-refractivity contribution in [3.63, 3.8) is 0 Å². The standard InChI is InChI=1S/C20H24N4O2S/c1-3-24(6-7-25)16-8-14(9-16)19-23-17-5-4-13(10-18(17)27-19)15-11-21-20(26-2)22-12-15/h4-5,10-12,14,16,25H,3,6-9H2,1-2H3. The highest BCUT2D eigenvalue weighted by Gasteiger charge is 2.35. The Morgan fingerprint density at radius 1 is 1.22 bits per heavy atom. The first-order valence-corrected chi connectivity index (χ1v) is 10.1. The van der Waals surface area contributed by atoms with E-state index < -0.39 is 0 Å². The zero-order valence-corrected chi connectivity index (χ0v) is 16.4. The fraction of sp³-hybridized carbons (Fsp3) is 0.450. The van der Waals surface area contributed by atoms with Crippen LogP contribution in [0.2, 0.25) is 0 Å². The molecule has 27 heavy (non-hydrogen) atoms. The summed E-state index contributed by atoms with van der Waals surface area (Å²) in [5, 5.41) is 10.4. The fourth-order valence-electron chi connectivity index (χ4n) is 3.68. The molecule has 1 aromatic carbocycles. The minimum Gasteiger partial charge on any atom is -0.467 e. The van der Waals surface area contributed by atoms with E-state index in [1.807, 2.05) is 0 Å². The van der Waals surface area contributed by atoms with Gasteiger partial charge in [-0.05, 0) is 37.1 Å². The highest BCUT2D eigenvalue weighted by atomic mass is 32.1. The summed E-state index contributed by atoms with van der Waals surface area (Å²) in [6, 6.07) is 7.27. The number of ether oxygens (including phenoxy) is 1. The molecule has 142 valence electrons. The molecule has 4 rings (SSSR count). The van der Waals surface area contributed by atoms with Crippen LogP contribution in [-0.4, -0.2) is 57.8 Å². The number of aromatic nitrogens is 3. The van der Waals surface area contributed by atoms with Crippen molar-refractivity contribution in [2.75, 3.05) is 26.8 Å². The van der Waals surface area contributed by atoms with Crippen LogP contribution in [0.15, 0.2) is 30.6 Å². The van der Waals surface area contributed by atoms with E-state index in [-0.39, 0.29) is 6.61 Å². The first kappa shape index (κ1) is 18.3. The van der Waals surface area contributed by atoms with E-state index in [2.05, 4.69) is 40.0 Å². The van der Waals surface area contributed by atoms with Crippen LogP contribution in [0, 0.1) is 0 Å². The van der Waals surface area contributed by atoms with Crippen molar-refractivity contribution in [3.8, 4) is 17.1 Å². The van der Waals surface area contributed by atoms with E-state index in [4.69, 9.17) is 9.72 Å². The lowest BCUT2D eigenvalue weighted by atomic mass is 9.79. The zero-order chi connectivity index (χ0) is 18.8. The van der Waals surface area contributed by atoms with Crippen molar-refractivity contribution in [1.82, 2.24) is 19.9 Å². The van der Waals surface area contributed by atoms with Crippen molar-refractivity contribution in [2.45, 2.75) is 31.7 Å². The van der Waals surface area contributed by atoms with Gasteiger partial charge in [-0.25, -0.2) is 15.0 Å². The summed E-state index contributed by atoms with van der Waals surface area (Å²) >= 11 is 1.79. The molecular formula is C20H24N4O2S. The minimum atomic E-state index is 0.230. The van der Waals surface area contributed by atoms with Crippen LogP contribution >= 0.6 is 11.3 Å². The number of fused-ring (bicyclic) bond motifs is 1. The molecule has 0 unspecified atom stereocenters. The van der Waals surface area contributed by atoms with Gasteiger partial charge in [0.1, 0.15) is 0 Å². The Kier molecular flexibility index (Phi) is 5.33. The number of methoxy groups -OCH3 is 1. The molecule has 0 saturated heterocycles. The van der Waals surface area contributed by atoms with E-state index in [0.29, 0.717) is 18.0 Å². The quantitative estimate of drug-likeness (QED) is 0.674. The van der Waals surface area contributed by atoms with Gasteiger partial charge in [0.15, 0.2) is 0 Å². The number of aliphatic hydroxyl groups excluding tert-OH is 1. The largest absolute Gasteiger partial charge is 0.467 e. The highest BCUT2D eigenvalue weighted by Crippen LogP contribution is 2.42. The Bertz CT molecular complexity index is 906. The van der Waals surface area contributed by atoms with Crippen LogP contribution in [0.1, 0.15) is 30.7 Å². The van der Waals surface area contributed by atoms with Crippen molar-refractivity contribution in [3.05, 3.63) is 35.6 Å². The average molecular weight is 385 g/mol. The number of rotatable bonds is 7. The van der Waals surface area contributed by atoms with Gasteiger partial charge in [-0.3, -0.25) is 4.90 Å². The number of aliphatic hydroxyl groups is 1. The Labute approximate surface area is 162 Å². The lowest BCUT2D eigenvalue weighted by Crippen LogP contribution is -2.44. The molecule has 1 aliphatic rings. The first-order chi connectivity index (χ1) is 13.2. The number of hydrogen-bond acceptors (Lipinski definition) is 7. The maximum atomic E-state index is 9.20. The van der Waals surface area contributed by atoms with E-state index in [1.165, 1.54) is 9.71 Å². The summed E-state index contributed by atoms with van der Waals surface area (Å²) in [6.07, 6.45) is 5.83. The van der Waals surface area contributed by atoms with E-state index in [9.17, 15) is 5.11 Å². The van der Waals surface area contributed by atoms with Crippen LogP contribution < -0.4 is 4.74 Å². The molecule has 6 nitrogen and oxygen atoms in total. The van der Waals surface area contributed by atoms with Crippen molar-refractivity contribution >= 4 is 21.6 Å². The summed E-state index contributed by atoms with van der Waals surface area (Å²) in [5.74, 6) is 0.535. The Morgan fingerprint density at radius 2 is 2.00 bits per heavy atom. The summed E-state index contributed by atoms with van der Waals surface area (Å²) < 4.78 is 6.22. The summed E-state index contributed by atoms with van der Waals surface area (Å²) in [6.45, 7) is 4.14. The van der Waals surface area contributed by atoms with Crippen molar-refractivity contribution < 1.29 is 9.84 Å². The molecule has 7 heteroatoms. The molecule has 1 N–H and O–H groups in total. The molecule has 1 fully saturated rings. The van der Waals surface area contributed by atoms with Gasteiger partial charge in [0.2, 0.25) is 0 Å². The molecule has 0 bridgehead atoms. The van der Waals surface area contributed by atoms with Gasteiger partial charge in [0.25, 0.3) is 0 Å². The average Bonchev–Trinajstić information content (AvgIpc) is 3.08. The van der Waals surface area contributed by atoms with E-state index in [1.54, 1.807) is 30.8 Å². The van der Waals surface area contributed by atoms with Gasteiger partial charge in [0, 0.05) is 36.5 Å². The van der Waals surface area contributed by atoms with Crippen LogP contribution in [0.5, 0.6) is 6.01 Å². The third-order valence-electron chi connectivity index (χ3n) is 5.32. The highest BCUT2D eigenvalue weighted by molar-refractivity contribution is 7.18. The summed E-state index contributed by atoms with van der Waals surface area (Å²) in [4.78, 5) is 15.6. The second-order valence-electron chi connectivity index (χ2n) is 6.87. The molecule has 0 aliphatic heterocycles. The Morgan fingerprint density at radius 3 is 2.67 bits per heavy atom. The minimum absolute atomic E-state index is 0.230. The maximum absolute atomic E-state index is 9.20. The van der Waals surface area contributed by atoms with Gasteiger partial charge in [-0.2, -0.15) is 0 Å². The number of thiazole rings is 1. The molecule has 2 heterocycles. The van der Waals surface area contributed by atoms with E-state index >= 15 is 0 Å². The Balaban J connectivity index is 1.50. The predicted molar refractivity (Wildman–Crippen MR) is 107 cm³/mol. The predicted octanol–water partition coefficient (Wildman–Crippen LogP) is 3.32. The van der Waals surface area contributed by atoms with Gasteiger partial charge < -0.3 is 9.84 Å². The maximum Gasteiger partial charge on any atom is 0.316 e. The summed E-state index contributed by atoms with van der Waals surface area (Å²) in [5.41, 5.74) is 3.12. The van der Waals surface area contributed by atoms with Gasteiger partial charge in [0.05, 0.1) is 28.9 Å². The topological polar surface area (TPSA) is 71.4 Å². The first-order valence-electron chi connectivity index (χ1n) is 9.33. The second-order valence-corrected chi connectivity index (χ2v) is 7.93. The number of likely N-dealkylation sites (N-methyl/N-ethyl adjacent to an activating group) is 1. The molecule has 0 spiro atoms. The smallest absolute Gasteiger partial charge is 0.316 e. The SMILES string of the molecule is CCN(CCO)C1CC(c2nc3ccc(-c4cnc(OC)nc4)cc3s2)C1. The van der Waals surface area contributed by atoms with Crippen molar-refractivity contribution in [1.29, 1.82) is 0 Å². The molecule has 1 aliphatic carbocycles. The number of nitrogens with zero attached hydrogens (tertiary/aromatic N) is 4.